The Morgan fingerprint density at radius 3 is 2.12 bits per heavy atom. The second kappa shape index (κ2) is 9.59. The molecular formula is C34H52O6. The first-order valence-electron chi connectivity index (χ1n) is 15.7. The van der Waals surface area contributed by atoms with E-state index in [1.807, 2.05) is 0 Å². The number of carbonyl (C=O) groups excluding carboxylic acids is 3. The summed E-state index contributed by atoms with van der Waals surface area (Å²) in [6.07, 6.45) is 10.0. The molecule has 5 aliphatic carbocycles. The van der Waals surface area contributed by atoms with Gasteiger partial charge in [0.05, 0.1) is 25.0 Å². The molecule has 4 fully saturated rings. The highest BCUT2D eigenvalue weighted by molar-refractivity contribution is 5.86. The van der Waals surface area contributed by atoms with Crippen molar-refractivity contribution in [2.75, 3.05) is 14.2 Å². The first-order valence-corrected chi connectivity index (χ1v) is 15.7. The quantitative estimate of drug-likeness (QED) is 0.214. The third-order valence-corrected chi connectivity index (χ3v) is 13.8. The molecule has 0 N–H and O–H groups in total. The molecule has 0 spiro atoms. The Kier molecular flexibility index (Phi) is 7.11. The lowest BCUT2D eigenvalue weighted by atomic mass is 9.33. The molecule has 10 atom stereocenters. The molecule has 0 radical (unpaired) electrons. The Bertz CT molecular complexity index is 1110. The fourth-order valence-corrected chi connectivity index (χ4v) is 11.7. The van der Waals surface area contributed by atoms with Gasteiger partial charge in [0.25, 0.3) is 0 Å². The van der Waals surface area contributed by atoms with Crippen LogP contribution in [0.1, 0.15) is 106 Å². The summed E-state index contributed by atoms with van der Waals surface area (Å²) >= 11 is 0. The van der Waals surface area contributed by atoms with Crippen molar-refractivity contribution in [3.8, 4) is 0 Å². The fourth-order valence-electron chi connectivity index (χ4n) is 11.7. The van der Waals surface area contributed by atoms with Crippen molar-refractivity contribution in [3.05, 3.63) is 11.6 Å². The summed E-state index contributed by atoms with van der Waals surface area (Å²) in [5.41, 5.74) is -0.589. The van der Waals surface area contributed by atoms with E-state index in [1.165, 1.54) is 26.7 Å². The molecule has 6 heteroatoms. The molecule has 0 aromatic rings. The Morgan fingerprint density at radius 2 is 1.50 bits per heavy atom. The molecular weight excluding hydrogens is 504 g/mol. The van der Waals surface area contributed by atoms with E-state index in [0.29, 0.717) is 30.6 Å². The predicted molar refractivity (Wildman–Crippen MR) is 153 cm³/mol. The second-order valence-corrected chi connectivity index (χ2v) is 15.3. The van der Waals surface area contributed by atoms with Crippen LogP contribution in [0.5, 0.6) is 0 Å². The van der Waals surface area contributed by atoms with Crippen LogP contribution in [0.25, 0.3) is 0 Å². The minimum absolute atomic E-state index is 0.00143. The van der Waals surface area contributed by atoms with E-state index in [0.717, 1.165) is 44.9 Å². The van der Waals surface area contributed by atoms with Gasteiger partial charge in [-0.15, -0.1) is 0 Å². The summed E-state index contributed by atoms with van der Waals surface area (Å²) in [6.45, 7) is 15.5. The van der Waals surface area contributed by atoms with Gasteiger partial charge in [0, 0.05) is 12.3 Å². The third-order valence-electron chi connectivity index (χ3n) is 13.8. The number of hydrogen-bond acceptors (Lipinski definition) is 6. The number of fused-ring (bicyclic) bond motifs is 7. The minimum Gasteiger partial charge on any atom is -0.469 e. The lowest BCUT2D eigenvalue weighted by Gasteiger charge is -2.70. The van der Waals surface area contributed by atoms with E-state index < -0.39 is 10.8 Å². The Hall–Kier alpha value is -1.85. The molecule has 6 nitrogen and oxygen atoms in total. The number of allylic oxidation sites excluding steroid dienone is 1. The van der Waals surface area contributed by atoms with Gasteiger partial charge in [0.15, 0.2) is 0 Å². The highest BCUT2D eigenvalue weighted by Gasteiger charge is 2.73. The summed E-state index contributed by atoms with van der Waals surface area (Å²) in [5, 5.41) is 0. The molecule has 0 aromatic heterocycles. The highest BCUT2D eigenvalue weighted by Crippen LogP contribution is 2.76. The molecule has 0 aliphatic heterocycles. The van der Waals surface area contributed by atoms with E-state index >= 15 is 0 Å². The number of ether oxygens (including phenoxy) is 3. The van der Waals surface area contributed by atoms with Gasteiger partial charge >= 0.3 is 17.9 Å². The van der Waals surface area contributed by atoms with Crippen LogP contribution in [-0.2, 0) is 28.6 Å². The summed E-state index contributed by atoms with van der Waals surface area (Å²) in [5.74, 6) is 0.962. The van der Waals surface area contributed by atoms with E-state index in [4.69, 9.17) is 14.2 Å². The number of methoxy groups -OCH3 is 2. The van der Waals surface area contributed by atoms with Gasteiger partial charge < -0.3 is 14.2 Å². The molecule has 5 aliphatic rings. The van der Waals surface area contributed by atoms with Crippen LogP contribution in [0.4, 0.5) is 0 Å². The van der Waals surface area contributed by atoms with Crippen LogP contribution >= 0.6 is 0 Å². The minimum atomic E-state index is -0.747. The van der Waals surface area contributed by atoms with Crippen molar-refractivity contribution in [1.29, 1.82) is 0 Å². The zero-order chi connectivity index (χ0) is 29.5. The van der Waals surface area contributed by atoms with Crippen molar-refractivity contribution in [3.63, 3.8) is 0 Å². The van der Waals surface area contributed by atoms with E-state index in [2.05, 4.69) is 47.6 Å². The van der Waals surface area contributed by atoms with Crippen LogP contribution in [0.15, 0.2) is 11.6 Å². The smallest absolute Gasteiger partial charge is 0.316 e. The van der Waals surface area contributed by atoms with Crippen molar-refractivity contribution in [1.82, 2.24) is 0 Å². The van der Waals surface area contributed by atoms with Gasteiger partial charge in [0.1, 0.15) is 6.10 Å². The molecule has 0 unspecified atom stereocenters. The fraction of sp³-hybridized carbons (Fsp3) is 0.853. The SMILES string of the molecule is COC(=O)[C@]12CC[C@H](C)[C@H](C)[C@@H]1C1=CC[C@@H]3[C@]4(C)CC[C@H](OC(C)=O)C(C)(C)[C@H]4CC[C@]3(C)[C@]1(C(=O)OC)CC2. The third kappa shape index (κ3) is 3.62. The van der Waals surface area contributed by atoms with Crippen molar-refractivity contribution in [2.24, 2.45) is 56.7 Å². The number of hydrogen-bond donors (Lipinski definition) is 0. The van der Waals surface area contributed by atoms with Gasteiger partial charge in [0.2, 0.25) is 0 Å². The number of carbonyl (C=O) groups is 3. The molecule has 0 aromatic carbocycles. The van der Waals surface area contributed by atoms with E-state index in [-0.39, 0.29) is 52.1 Å². The molecule has 0 heterocycles. The lowest BCUT2D eigenvalue weighted by molar-refractivity contribution is -0.222. The molecule has 40 heavy (non-hydrogen) atoms. The van der Waals surface area contributed by atoms with Gasteiger partial charge in [-0.1, -0.05) is 53.2 Å². The van der Waals surface area contributed by atoms with Crippen LogP contribution < -0.4 is 0 Å². The van der Waals surface area contributed by atoms with Crippen LogP contribution in [-0.4, -0.2) is 38.2 Å². The Morgan fingerprint density at radius 1 is 0.825 bits per heavy atom. The topological polar surface area (TPSA) is 78.9 Å². The molecule has 0 amide bonds. The Balaban J connectivity index is 1.65. The molecule has 4 saturated carbocycles. The maximum atomic E-state index is 14.3. The lowest BCUT2D eigenvalue weighted by Crippen LogP contribution is -2.68. The number of rotatable bonds is 3. The largest absolute Gasteiger partial charge is 0.469 e. The Labute approximate surface area is 241 Å². The van der Waals surface area contributed by atoms with Crippen LogP contribution in [0, 0.1) is 56.7 Å². The monoisotopic (exact) mass is 556 g/mol. The summed E-state index contributed by atoms with van der Waals surface area (Å²) in [6, 6.07) is 0. The number of esters is 3. The maximum absolute atomic E-state index is 14.3. The van der Waals surface area contributed by atoms with Crippen LogP contribution in [0.3, 0.4) is 0 Å². The standard InChI is InChI=1S/C34H52O6/c1-20-12-17-33(28(36)38-8)18-19-34(29(37)39-9)23(27(33)21(20)2)10-11-25-31(6)15-14-26(40-22(3)35)30(4,5)24(31)13-16-32(25,34)7/h10,20-21,24-27H,11-19H2,1-9H3/t20-,21-,24+,25+,26-,27+,31+,32-,33-,34+/m0/s1. The van der Waals surface area contributed by atoms with E-state index in [1.54, 1.807) is 0 Å². The van der Waals surface area contributed by atoms with Crippen molar-refractivity contribution < 1.29 is 28.6 Å². The van der Waals surface area contributed by atoms with Gasteiger partial charge in [-0.05, 0) is 98.2 Å². The highest BCUT2D eigenvalue weighted by atomic mass is 16.5. The summed E-state index contributed by atoms with van der Waals surface area (Å²) < 4.78 is 17.1. The van der Waals surface area contributed by atoms with Gasteiger partial charge in [-0.25, -0.2) is 0 Å². The average Bonchev–Trinajstić information content (AvgIpc) is 2.90. The molecule has 5 rings (SSSR count). The molecule has 224 valence electrons. The first-order chi connectivity index (χ1) is 18.7. The van der Waals surface area contributed by atoms with Gasteiger partial charge in [-0.2, -0.15) is 0 Å². The summed E-state index contributed by atoms with van der Waals surface area (Å²) in [7, 11) is 3.05. The maximum Gasteiger partial charge on any atom is 0.316 e. The zero-order valence-corrected chi connectivity index (χ0v) is 26.4. The second-order valence-electron chi connectivity index (χ2n) is 15.3. The van der Waals surface area contributed by atoms with E-state index in [9.17, 15) is 14.4 Å². The zero-order valence-electron chi connectivity index (χ0n) is 26.4. The van der Waals surface area contributed by atoms with Crippen molar-refractivity contribution >= 4 is 17.9 Å². The molecule has 0 saturated heterocycles. The average molecular weight is 557 g/mol. The van der Waals surface area contributed by atoms with Gasteiger partial charge in [-0.3, -0.25) is 14.4 Å². The van der Waals surface area contributed by atoms with Crippen molar-refractivity contribution in [2.45, 2.75) is 112 Å². The van der Waals surface area contributed by atoms with Crippen LogP contribution in [0.2, 0.25) is 0 Å². The molecule has 0 bridgehead atoms. The normalized spacial score (nSPS) is 47.3. The summed E-state index contributed by atoms with van der Waals surface area (Å²) in [4.78, 5) is 39.9. The first kappa shape index (κ1) is 29.6. The predicted octanol–water partition coefficient (Wildman–Crippen LogP) is 6.90.